The minimum atomic E-state index is -0.726. The molecule has 2 heterocycles. The van der Waals surface area contributed by atoms with Crippen molar-refractivity contribution in [2.45, 2.75) is 64.1 Å². The Hall–Kier alpha value is -1.10. The van der Waals surface area contributed by atoms with Crippen molar-refractivity contribution in [2.75, 3.05) is 13.2 Å². The number of rotatable bonds is 3. The Labute approximate surface area is 114 Å². The predicted octanol–water partition coefficient (Wildman–Crippen LogP) is 1.07. The van der Waals surface area contributed by atoms with Gasteiger partial charge in [0.2, 0.25) is 11.8 Å². The Bertz CT molecular complexity index is 366. The summed E-state index contributed by atoms with van der Waals surface area (Å²) in [6.45, 7) is 7.12. The van der Waals surface area contributed by atoms with Gasteiger partial charge in [-0.05, 0) is 26.2 Å². The van der Waals surface area contributed by atoms with Crippen molar-refractivity contribution in [2.24, 2.45) is 0 Å². The zero-order valence-corrected chi connectivity index (χ0v) is 12.1. The third kappa shape index (κ3) is 2.48. The fraction of sp³-hybridized carbons (Fsp3) is 0.857. The van der Waals surface area contributed by atoms with E-state index in [-0.39, 0.29) is 24.0 Å². The minimum absolute atomic E-state index is 0.0221. The fourth-order valence-corrected chi connectivity index (χ4v) is 3.16. The second-order valence-electron chi connectivity index (χ2n) is 5.52. The molecule has 0 radical (unpaired) electrons. The standard InChI is InChI=1S/C14H24N2O3/c1-4-14(5-2)13(18)16(8-6-12(17)15-14)11-7-9-19-10(11)3/h10-11H,4-9H2,1-3H3,(H,15,17). The van der Waals surface area contributed by atoms with Crippen LogP contribution in [0.25, 0.3) is 0 Å². The van der Waals surface area contributed by atoms with Gasteiger partial charge in [0.05, 0.1) is 12.1 Å². The number of hydrogen-bond acceptors (Lipinski definition) is 3. The third-order valence-electron chi connectivity index (χ3n) is 4.57. The summed E-state index contributed by atoms with van der Waals surface area (Å²) in [5.41, 5.74) is -0.726. The molecule has 0 aromatic carbocycles. The van der Waals surface area contributed by atoms with Gasteiger partial charge in [0.25, 0.3) is 0 Å². The average molecular weight is 268 g/mol. The molecule has 2 aliphatic heterocycles. The SMILES string of the molecule is CCC1(CC)NC(=O)CCN(C2CCOC2C)C1=O. The maximum absolute atomic E-state index is 12.9. The van der Waals surface area contributed by atoms with Crippen LogP contribution in [0.15, 0.2) is 0 Å². The smallest absolute Gasteiger partial charge is 0.248 e. The number of carbonyl (C=O) groups is 2. The quantitative estimate of drug-likeness (QED) is 0.833. The van der Waals surface area contributed by atoms with Gasteiger partial charge in [-0.25, -0.2) is 0 Å². The lowest BCUT2D eigenvalue weighted by Gasteiger charge is -2.37. The van der Waals surface area contributed by atoms with Gasteiger partial charge in [-0.3, -0.25) is 9.59 Å². The molecule has 19 heavy (non-hydrogen) atoms. The third-order valence-corrected chi connectivity index (χ3v) is 4.57. The monoisotopic (exact) mass is 268 g/mol. The molecule has 2 amide bonds. The molecule has 0 bridgehead atoms. The second kappa shape index (κ2) is 5.49. The van der Waals surface area contributed by atoms with Crippen LogP contribution < -0.4 is 5.32 Å². The van der Waals surface area contributed by atoms with Crippen LogP contribution in [0.1, 0.15) is 46.5 Å². The molecular formula is C14H24N2O3. The van der Waals surface area contributed by atoms with E-state index in [4.69, 9.17) is 4.74 Å². The first-order chi connectivity index (χ1) is 9.04. The number of nitrogens with zero attached hydrogens (tertiary/aromatic N) is 1. The molecule has 0 saturated carbocycles. The second-order valence-corrected chi connectivity index (χ2v) is 5.52. The van der Waals surface area contributed by atoms with Gasteiger partial charge in [-0.2, -0.15) is 0 Å². The summed E-state index contributed by atoms with van der Waals surface area (Å²) >= 11 is 0. The summed E-state index contributed by atoms with van der Waals surface area (Å²) in [4.78, 5) is 26.6. The van der Waals surface area contributed by atoms with Crippen molar-refractivity contribution in [1.82, 2.24) is 10.2 Å². The van der Waals surface area contributed by atoms with Crippen LogP contribution in [0.3, 0.4) is 0 Å². The lowest BCUT2D eigenvalue weighted by molar-refractivity contribution is -0.142. The molecule has 0 aliphatic carbocycles. The lowest BCUT2D eigenvalue weighted by Crippen LogP contribution is -2.59. The van der Waals surface area contributed by atoms with E-state index in [0.29, 0.717) is 32.4 Å². The Kier molecular flexibility index (Phi) is 4.13. The largest absolute Gasteiger partial charge is 0.376 e. The van der Waals surface area contributed by atoms with E-state index in [1.165, 1.54) is 0 Å². The van der Waals surface area contributed by atoms with Crippen molar-refractivity contribution in [3.05, 3.63) is 0 Å². The molecule has 0 aromatic rings. The summed E-state index contributed by atoms with van der Waals surface area (Å²) in [7, 11) is 0. The molecule has 2 aliphatic rings. The topological polar surface area (TPSA) is 58.6 Å². The van der Waals surface area contributed by atoms with Crippen molar-refractivity contribution in [3.8, 4) is 0 Å². The molecule has 5 heteroatoms. The number of ether oxygens (including phenoxy) is 1. The molecule has 2 fully saturated rings. The van der Waals surface area contributed by atoms with Gasteiger partial charge >= 0.3 is 0 Å². The maximum atomic E-state index is 12.9. The molecule has 5 nitrogen and oxygen atoms in total. The maximum Gasteiger partial charge on any atom is 0.248 e. The van der Waals surface area contributed by atoms with E-state index in [1.807, 2.05) is 25.7 Å². The first-order valence-electron chi connectivity index (χ1n) is 7.27. The van der Waals surface area contributed by atoms with E-state index < -0.39 is 5.54 Å². The Morgan fingerprint density at radius 1 is 1.37 bits per heavy atom. The molecule has 1 N–H and O–H groups in total. The summed E-state index contributed by atoms with van der Waals surface area (Å²) in [5.74, 6) is 0.0387. The summed E-state index contributed by atoms with van der Waals surface area (Å²) < 4.78 is 5.57. The molecule has 2 rings (SSSR count). The first kappa shape index (κ1) is 14.3. The molecule has 0 aromatic heterocycles. The number of nitrogens with one attached hydrogen (secondary N) is 1. The summed E-state index contributed by atoms with van der Waals surface area (Å²) in [5, 5.41) is 2.94. The van der Waals surface area contributed by atoms with Crippen molar-refractivity contribution in [1.29, 1.82) is 0 Å². The average Bonchev–Trinajstić information content (AvgIpc) is 2.77. The zero-order chi connectivity index (χ0) is 14.0. The Balaban J connectivity index is 2.28. The van der Waals surface area contributed by atoms with Gasteiger partial charge in [-0.15, -0.1) is 0 Å². The number of amides is 2. The highest BCUT2D eigenvalue weighted by Crippen LogP contribution is 2.27. The van der Waals surface area contributed by atoms with Gasteiger partial charge in [0, 0.05) is 19.6 Å². The molecule has 2 unspecified atom stereocenters. The van der Waals surface area contributed by atoms with Crippen molar-refractivity contribution >= 4 is 11.8 Å². The van der Waals surface area contributed by atoms with E-state index in [2.05, 4.69) is 5.32 Å². The van der Waals surface area contributed by atoms with Crippen molar-refractivity contribution < 1.29 is 14.3 Å². The lowest BCUT2D eigenvalue weighted by atomic mass is 9.90. The summed E-state index contributed by atoms with van der Waals surface area (Å²) in [6, 6.07) is 0.109. The van der Waals surface area contributed by atoms with E-state index in [0.717, 1.165) is 6.42 Å². The highest BCUT2D eigenvalue weighted by molar-refractivity contribution is 5.93. The molecule has 2 saturated heterocycles. The van der Waals surface area contributed by atoms with Crippen LogP contribution in [-0.4, -0.2) is 47.6 Å². The van der Waals surface area contributed by atoms with Crippen LogP contribution >= 0.6 is 0 Å². The zero-order valence-electron chi connectivity index (χ0n) is 12.1. The van der Waals surface area contributed by atoms with Crippen LogP contribution in [0.5, 0.6) is 0 Å². The van der Waals surface area contributed by atoms with Crippen LogP contribution in [0.2, 0.25) is 0 Å². The van der Waals surface area contributed by atoms with E-state index in [9.17, 15) is 9.59 Å². The van der Waals surface area contributed by atoms with Gasteiger partial charge in [0.1, 0.15) is 5.54 Å². The van der Waals surface area contributed by atoms with E-state index >= 15 is 0 Å². The predicted molar refractivity (Wildman–Crippen MR) is 71.6 cm³/mol. The molecular weight excluding hydrogens is 244 g/mol. The van der Waals surface area contributed by atoms with E-state index in [1.54, 1.807) is 0 Å². The first-order valence-corrected chi connectivity index (χ1v) is 7.27. The minimum Gasteiger partial charge on any atom is -0.376 e. The molecule has 108 valence electrons. The van der Waals surface area contributed by atoms with Gasteiger partial charge in [0.15, 0.2) is 0 Å². The molecule has 2 atom stereocenters. The van der Waals surface area contributed by atoms with Crippen LogP contribution in [0, 0.1) is 0 Å². The highest BCUT2D eigenvalue weighted by Gasteiger charge is 2.45. The summed E-state index contributed by atoms with van der Waals surface area (Å²) in [6.07, 6.45) is 2.57. The van der Waals surface area contributed by atoms with Gasteiger partial charge < -0.3 is 15.0 Å². The fourth-order valence-electron chi connectivity index (χ4n) is 3.16. The Morgan fingerprint density at radius 3 is 2.58 bits per heavy atom. The number of carbonyl (C=O) groups excluding carboxylic acids is 2. The van der Waals surface area contributed by atoms with Gasteiger partial charge in [-0.1, -0.05) is 13.8 Å². The highest BCUT2D eigenvalue weighted by atomic mass is 16.5. The Morgan fingerprint density at radius 2 is 2.05 bits per heavy atom. The molecule has 0 spiro atoms. The van der Waals surface area contributed by atoms with Crippen LogP contribution in [-0.2, 0) is 14.3 Å². The number of hydrogen-bond donors (Lipinski definition) is 1. The van der Waals surface area contributed by atoms with Crippen molar-refractivity contribution in [3.63, 3.8) is 0 Å². The normalized spacial score (nSPS) is 31.2. The van der Waals surface area contributed by atoms with Crippen LogP contribution in [0.4, 0.5) is 0 Å².